The molecule has 0 nitrogen and oxygen atoms in total. The molecule has 0 N–H and O–H groups in total. The van der Waals surface area contributed by atoms with Crippen LogP contribution in [0.15, 0.2) is 24.3 Å². The van der Waals surface area contributed by atoms with Crippen molar-refractivity contribution in [2.45, 2.75) is 19.3 Å². The molecule has 0 spiro atoms. The second kappa shape index (κ2) is 3.53. The Morgan fingerprint density at radius 3 is 1.77 bits per heavy atom. The minimum atomic E-state index is -4.22. The standard InChI is InChI=1S/C9H10F3Si/c1-13(2)8-5-3-7(4-6-8)9(10,11)12/h3-6H,1-2H3. The van der Waals surface area contributed by atoms with Crippen LogP contribution in [0.5, 0.6) is 0 Å². The predicted molar refractivity (Wildman–Crippen MR) is 48.6 cm³/mol. The molecule has 13 heavy (non-hydrogen) atoms. The highest BCUT2D eigenvalue weighted by atomic mass is 28.3. The molecule has 0 aromatic heterocycles. The molecule has 0 atom stereocenters. The molecule has 0 fully saturated rings. The van der Waals surface area contributed by atoms with E-state index in [0.29, 0.717) is 0 Å². The number of hydrogen-bond acceptors (Lipinski definition) is 0. The third-order valence-corrected chi connectivity index (χ3v) is 3.28. The van der Waals surface area contributed by atoms with E-state index < -0.39 is 20.5 Å². The van der Waals surface area contributed by atoms with Gasteiger partial charge in [-0.2, -0.15) is 13.2 Å². The lowest BCUT2D eigenvalue weighted by atomic mass is 10.2. The summed E-state index contributed by atoms with van der Waals surface area (Å²) in [7, 11) is -0.641. The van der Waals surface area contributed by atoms with Crippen molar-refractivity contribution in [1.82, 2.24) is 0 Å². The average Bonchev–Trinajstić information content (AvgIpc) is 2.03. The SMILES string of the molecule is C[Si](C)c1ccc(C(F)(F)F)cc1. The maximum absolute atomic E-state index is 12.1. The van der Waals surface area contributed by atoms with Crippen molar-refractivity contribution in [2.24, 2.45) is 0 Å². The van der Waals surface area contributed by atoms with E-state index in [1.807, 2.05) is 13.1 Å². The van der Waals surface area contributed by atoms with Gasteiger partial charge in [-0.25, -0.2) is 0 Å². The number of rotatable bonds is 1. The van der Waals surface area contributed by atoms with E-state index in [9.17, 15) is 13.2 Å². The minimum absolute atomic E-state index is 0.570. The van der Waals surface area contributed by atoms with Gasteiger partial charge in [0.15, 0.2) is 0 Å². The average molecular weight is 203 g/mol. The molecule has 4 heteroatoms. The molecule has 0 aliphatic heterocycles. The summed E-state index contributed by atoms with van der Waals surface area (Å²) < 4.78 is 36.4. The Balaban J connectivity index is 2.94. The summed E-state index contributed by atoms with van der Waals surface area (Å²) >= 11 is 0. The Morgan fingerprint density at radius 2 is 1.46 bits per heavy atom. The summed E-state index contributed by atoms with van der Waals surface area (Å²) in [6.45, 7) is 4.10. The van der Waals surface area contributed by atoms with E-state index in [-0.39, 0.29) is 0 Å². The minimum Gasteiger partial charge on any atom is -0.166 e. The van der Waals surface area contributed by atoms with Gasteiger partial charge in [-0.15, -0.1) is 0 Å². The zero-order valence-corrected chi connectivity index (χ0v) is 8.44. The molecule has 0 amide bonds. The second-order valence-electron chi connectivity index (χ2n) is 3.08. The van der Waals surface area contributed by atoms with Gasteiger partial charge in [-0.05, 0) is 0 Å². The van der Waals surface area contributed by atoms with Crippen molar-refractivity contribution in [3.05, 3.63) is 29.8 Å². The van der Waals surface area contributed by atoms with Gasteiger partial charge in [0.2, 0.25) is 0 Å². The van der Waals surface area contributed by atoms with Gasteiger partial charge in [0.1, 0.15) is 0 Å². The van der Waals surface area contributed by atoms with Crippen LogP contribution in [-0.4, -0.2) is 8.80 Å². The molecule has 0 saturated heterocycles. The summed E-state index contributed by atoms with van der Waals surface area (Å²) in [5.74, 6) is 0. The fraction of sp³-hybridized carbons (Fsp3) is 0.333. The van der Waals surface area contributed by atoms with Gasteiger partial charge in [-0.1, -0.05) is 42.5 Å². The quantitative estimate of drug-likeness (QED) is 0.615. The first kappa shape index (κ1) is 10.3. The van der Waals surface area contributed by atoms with Crippen molar-refractivity contribution in [3.8, 4) is 0 Å². The fourth-order valence-corrected chi connectivity index (χ4v) is 1.83. The largest absolute Gasteiger partial charge is 0.416 e. The van der Waals surface area contributed by atoms with Crippen LogP contribution in [0.3, 0.4) is 0 Å². The molecular formula is C9H10F3Si. The number of halogens is 3. The Hall–Kier alpha value is -0.773. The first-order valence-corrected chi connectivity index (χ1v) is 6.39. The van der Waals surface area contributed by atoms with E-state index >= 15 is 0 Å². The van der Waals surface area contributed by atoms with Crippen LogP contribution >= 0.6 is 0 Å². The van der Waals surface area contributed by atoms with Crippen LogP contribution in [0.25, 0.3) is 0 Å². The normalized spacial score (nSPS) is 12.2. The van der Waals surface area contributed by atoms with Crippen LogP contribution in [0.1, 0.15) is 5.56 Å². The van der Waals surface area contributed by atoms with Gasteiger partial charge in [0.25, 0.3) is 0 Å². The van der Waals surface area contributed by atoms with Crippen molar-refractivity contribution in [1.29, 1.82) is 0 Å². The van der Waals surface area contributed by atoms with E-state index in [2.05, 4.69) is 0 Å². The third kappa shape index (κ3) is 2.59. The molecule has 0 aliphatic rings. The van der Waals surface area contributed by atoms with Crippen LogP contribution in [-0.2, 0) is 6.18 Å². The van der Waals surface area contributed by atoms with E-state index in [4.69, 9.17) is 0 Å². The molecule has 0 unspecified atom stereocenters. The van der Waals surface area contributed by atoms with Crippen molar-refractivity contribution in [2.75, 3.05) is 0 Å². The van der Waals surface area contributed by atoms with E-state index in [1.165, 1.54) is 0 Å². The topological polar surface area (TPSA) is 0 Å². The lowest BCUT2D eigenvalue weighted by molar-refractivity contribution is -0.137. The second-order valence-corrected chi connectivity index (χ2v) is 5.65. The fourth-order valence-electron chi connectivity index (χ4n) is 0.993. The van der Waals surface area contributed by atoms with Gasteiger partial charge in [0, 0.05) is 0 Å². The van der Waals surface area contributed by atoms with Gasteiger partial charge in [0.05, 0.1) is 14.4 Å². The van der Waals surface area contributed by atoms with Crippen molar-refractivity contribution < 1.29 is 13.2 Å². The van der Waals surface area contributed by atoms with Crippen molar-refractivity contribution >= 4 is 14.0 Å². The molecule has 0 bridgehead atoms. The molecule has 1 radical (unpaired) electrons. The van der Waals surface area contributed by atoms with Crippen LogP contribution in [0.2, 0.25) is 13.1 Å². The number of benzene rings is 1. The molecule has 0 aliphatic carbocycles. The maximum atomic E-state index is 12.1. The molecule has 1 aromatic rings. The molecule has 0 saturated carbocycles. The van der Waals surface area contributed by atoms with Gasteiger partial charge >= 0.3 is 6.18 Å². The first-order chi connectivity index (χ1) is 5.91. The number of alkyl halides is 3. The molecular weight excluding hydrogens is 193 g/mol. The lowest BCUT2D eigenvalue weighted by Crippen LogP contribution is -2.22. The zero-order chi connectivity index (χ0) is 10.1. The van der Waals surface area contributed by atoms with Crippen molar-refractivity contribution in [3.63, 3.8) is 0 Å². The first-order valence-electron chi connectivity index (χ1n) is 3.89. The highest BCUT2D eigenvalue weighted by molar-refractivity contribution is 6.70. The summed E-state index contributed by atoms with van der Waals surface area (Å²) in [5, 5.41) is 1.03. The summed E-state index contributed by atoms with van der Waals surface area (Å²) in [5.41, 5.74) is -0.570. The van der Waals surface area contributed by atoms with Gasteiger partial charge in [-0.3, -0.25) is 0 Å². The zero-order valence-electron chi connectivity index (χ0n) is 7.44. The lowest BCUT2D eigenvalue weighted by Gasteiger charge is -2.08. The Bertz CT molecular complexity index is 274. The maximum Gasteiger partial charge on any atom is 0.416 e. The van der Waals surface area contributed by atoms with E-state index in [0.717, 1.165) is 17.3 Å². The predicted octanol–water partition coefficient (Wildman–Crippen LogP) is 2.67. The third-order valence-electron chi connectivity index (χ3n) is 1.79. The number of hydrogen-bond donors (Lipinski definition) is 0. The van der Waals surface area contributed by atoms with Gasteiger partial charge < -0.3 is 0 Å². The highest BCUT2D eigenvalue weighted by Crippen LogP contribution is 2.28. The molecule has 1 rings (SSSR count). The summed E-state index contributed by atoms with van der Waals surface area (Å²) in [6.07, 6.45) is -4.22. The molecule has 1 aromatic carbocycles. The van der Waals surface area contributed by atoms with Crippen LogP contribution in [0.4, 0.5) is 13.2 Å². The summed E-state index contributed by atoms with van der Waals surface area (Å²) in [6, 6.07) is 5.42. The summed E-state index contributed by atoms with van der Waals surface area (Å²) in [4.78, 5) is 0. The molecule has 71 valence electrons. The Kier molecular flexibility index (Phi) is 2.80. The smallest absolute Gasteiger partial charge is 0.166 e. The monoisotopic (exact) mass is 203 g/mol. The Morgan fingerprint density at radius 1 is 1.00 bits per heavy atom. The Labute approximate surface area is 77.0 Å². The van der Waals surface area contributed by atoms with Crippen LogP contribution < -0.4 is 5.19 Å². The van der Waals surface area contributed by atoms with E-state index in [1.54, 1.807) is 12.1 Å². The highest BCUT2D eigenvalue weighted by Gasteiger charge is 2.29. The van der Waals surface area contributed by atoms with Crippen LogP contribution in [0, 0.1) is 0 Å². The molecule has 0 heterocycles.